The normalized spacial score (nSPS) is 15.1. The topological polar surface area (TPSA) is 81.2 Å². The first kappa shape index (κ1) is 29.0. The van der Waals surface area contributed by atoms with Crippen LogP contribution in [-0.4, -0.2) is 58.9 Å². The molecule has 2 amide bonds. The van der Waals surface area contributed by atoms with E-state index in [-0.39, 0.29) is 31.2 Å². The molecule has 1 N–H and O–H groups in total. The number of rotatable bonds is 6. The first-order valence-electron chi connectivity index (χ1n) is 13.7. The van der Waals surface area contributed by atoms with Gasteiger partial charge in [0.05, 0.1) is 12.1 Å². The van der Waals surface area contributed by atoms with Crippen LogP contribution in [0.1, 0.15) is 52.7 Å². The van der Waals surface area contributed by atoms with Crippen LogP contribution < -0.4 is 4.90 Å². The summed E-state index contributed by atoms with van der Waals surface area (Å²) in [5, 5.41) is 9.16. The van der Waals surface area contributed by atoms with Crippen molar-refractivity contribution in [3.05, 3.63) is 101 Å². The Labute approximate surface area is 234 Å². The van der Waals surface area contributed by atoms with E-state index in [4.69, 9.17) is 5.11 Å². The van der Waals surface area contributed by atoms with E-state index in [9.17, 15) is 18.8 Å². The van der Waals surface area contributed by atoms with Crippen molar-refractivity contribution in [2.45, 2.75) is 45.7 Å². The van der Waals surface area contributed by atoms with Gasteiger partial charge in [0, 0.05) is 51.3 Å². The summed E-state index contributed by atoms with van der Waals surface area (Å²) in [6.45, 7) is 5.38. The molecule has 0 aromatic heterocycles. The fourth-order valence-corrected chi connectivity index (χ4v) is 5.22. The molecule has 3 aromatic rings. The average molecular weight is 546 g/mol. The molecular formula is C32H36FN3O4. The Morgan fingerprint density at radius 2 is 1.52 bits per heavy atom. The van der Waals surface area contributed by atoms with Crippen LogP contribution in [0.3, 0.4) is 0 Å². The lowest BCUT2D eigenvalue weighted by Gasteiger charge is -2.32. The van der Waals surface area contributed by atoms with Crippen LogP contribution in [0.15, 0.2) is 72.8 Å². The van der Waals surface area contributed by atoms with Crippen molar-refractivity contribution in [1.82, 2.24) is 9.80 Å². The van der Waals surface area contributed by atoms with Crippen LogP contribution in [0.25, 0.3) is 0 Å². The largest absolute Gasteiger partial charge is 0.481 e. The van der Waals surface area contributed by atoms with Crippen LogP contribution in [0.4, 0.5) is 10.1 Å². The zero-order valence-corrected chi connectivity index (χ0v) is 22.9. The maximum absolute atomic E-state index is 13.9. The van der Waals surface area contributed by atoms with Gasteiger partial charge in [0.25, 0.3) is 5.91 Å². The van der Waals surface area contributed by atoms with Crippen molar-refractivity contribution in [3.63, 3.8) is 0 Å². The summed E-state index contributed by atoms with van der Waals surface area (Å²) in [7, 11) is 0. The van der Waals surface area contributed by atoms with Gasteiger partial charge in [-0.05, 0) is 60.7 Å². The second-order valence-electron chi connectivity index (χ2n) is 10.2. The van der Waals surface area contributed by atoms with E-state index in [0.717, 1.165) is 49.3 Å². The number of hydrogen-bond donors (Lipinski definition) is 1. The van der Waals surface area contributed by atoms with Crippen molar-refractivity contribution < 1.29 is 23.9 Å². The third-order valence-electron chi connectivity index (χ3n) is 7.20. The van der Waals surface area contributed by atoms with Crippen molar-refractivity contribution in [3.8, 4) is 0 Å². The molecule has 0 radical (unpaired) electrons. The lowest BCUT2D eigenvalue weighted by molar-refractivity contribution is -0.141. The van der Waals surface area contributed by atoms with E-state index in [0.29, 0.717) is 18.7 Å². The van der Waals surface area contributed by atoms with E-state index in [1.54, 1.807) is 9.80 Å². The van der Waals surface area contributed by atoms with Gasteiger partial charge in [-0.3, -0.25) is 19.3 Å². The number of aryl methyl sites for hydroxylation is 1. The SMILES string of the molecule is Cc1cccc2c1N(C(=O)c1ccc(F)cc1)CCCN(Cc1ccccc1)CCCN(C(=O)CCC(=O)O)C2. The molecule has 0 atom stereocenters. The highest BCUT2D eigenvalue weighted by atomic mass is 19.1. The molecule has 40 heavy (non-hydrogen) atoms. The Hall–Kier alpha value is -4.04. The van der Waals surface area contributed by atoms with Crippen LogP contribution in [0.2, 0.25) is 0 Å². The predicted octanol–water partition coefficient (Wildman–Crippen LogP) is 5.27. The molecule has 8 heteroatoms. The number of anilines is 1. The summed E-state index contributed by atoms with van der Waals surface area (Å²) in [6.07, 6.45) is 1.16. The molecule has 210 valence electrons. The lowest BCUT2D eigenvalue weighted by atomic mass is 10.0. The Kier molecular flexibility index (Phi) is 10.0. The first-order chi connectivity index (χ1) is 19.3. The van der Waals surface area contributed by atoms with Gasteiger partial charge in [-0.25, -0.2) is 4.39 Å². The number of carbonyl (C=O) groups excluding carboxylic acids is 2. The molecular weight excluding hydrogens is 509 g/mol. The summed E-state index contributed by atoms with van der Waals surface area (Å²) in [6, 6.07) is 21.5. The number of aliphatic carboxylic acids is 1. The Morgan fingerprint density at radius 3 is 2.23 bits per heavy atom. The Balaban J connectivity index is 1.69. The predicted molar refractivity (Wildman–Crippen MR) is 152 cm³/mol. The van der Waals surface area contributed by atoms with E-state index < -0.39 is 11.8 Å². The number of benzene rings is 3. The highest BCUT2D eigenvalue weighted by Gasteiger charge is 2.25. The second kappa shape index (κ2) is 13.8. The number of hydrogen-bond acceptors (Lipinski definition) is 4. The fourth-order valence-electron chi connectivity index (χ4n) is 5.22. The number of amides is 2. The summed E-state index contributed by atoms with van der Waals surface area (Å²) in [5.41, 5.74) is 4.02. The molecule has 4 rings (SSSR count). The van der Waals surface area contributed by atoms with E-state index in [2.05, 4.69) is 17.0 Å². The first-order valence-corrected chi connectivity index (χ1v) is 13.7. The average Bonchev–Trinajstić information content (AvgIpc) is 2.94. The zero-order valence-electron chi connectivity index (χ0n) is 22.9. The Morgan fingerprint density at radius 1 is 0.825 bits per heavy atom. The van der Waals surface area contributed by atoms with Gasteiger partial charge in [0.2, 0.25) is 5.91 Å². The number of para-hydroxylation sites is 1. The standard InChI is InChI=1S/C32H36FN3O4/c1-24-8-5-11-27-23-35(29(37)16-17-30(38)39)20-6-18-34(22-25-9-3-2-4-10-25)19-7-21-36(31(24)27)32(40)26-12-14-28(33)15-13-26/h2-5,8-15H,6-7,16-23H2,1H3,(H,38,39). The maximum atomic E-state index is 13.9. The van der Waals surface area contributed by atoms with Crippen molar-refractivity contribution in [2.24, 2.45) is 0 Å². The van der Waals surface area contributed by atoms with Crippen molar-refractivity contribution in [2.75, 3.05) is 31.1 Å². The molecule has 0 saturated heterocycles. The van der Waals surface area contributed by atoms with Crippen LogP contribution in [0, 0.1) is 12.7 Å². The molecule has 1 aliphatic rings. The monoisotopic (exact) mass is 545 g/mol. The minimum atomic E-state index is -1.01. The van der Waals surface area contributed by atoms with Crippen molar-refractivity contribution in [1.29, 1.82) is 0 Å². The van der Waals surface area contributed by atoms with Crippen LogP contribution in [0.5, 0.6) is 0 Å². The van der Waals surface area contributed by atoms with Crippen molar-refractivity contribution >= 4 is 23.5 Å². The van der Waals surface area contributed by atoms with E-state index in [1.807, 2.05) is 43.3 Å². The van der Waals surface area contributed by atoms with Gasteiger partial charge in [-0.15, -0.1) is 0 Å². The number of fused-ring (bicyclic) bond motifs is 1. The Bertz CT molecular complexity index is 1310. The molecule has 0 fully saturated rings. The molecule has 0 aliphatic carbocycles. The molecule has 0 saturated carbocycles. The highest BCUT2D eigenvalue weighted by Crippen LogP contribution is 2.29. The van der Waals surface area contributed by atoms with E-state index >= 15 is 0 Å². The number of carboxylic acid groups (broad SMARTS) is 1. The lowest BCUT2D eigenvalue weighted by Crippen LogP contribution is -2.39. The van der Waals surface area contributed by atoms with Gasteiger partial charge in [-0.1, -0.05) is 48.5 Å². The second-order valence-corrected chi connectivity index (χ2v) is 10.2. The maximum Gasteiger partial charge on any atom is 0.303 e. The summed E-state index contributed by atoms with van der Waals surface area (Å²) in [4.78, 5) is 44.0. The van der Waals surface area contributed by atoms with Gasteiger partial charge >= 0.3 is 5.97 Å². The number of carbonyl (C=O) groups is 3. The quantitative estimate of drug-likeness (QED) is 0.457. The summed E-state index contributed by atoms with van der Waals surface area (Å²) in [5.74, 6) is -1.87. The smallest absolute Gasteiger partial charge is 0.303 e. The third-order valence-corrected chi connectivity index (χ3v) is 7.20. The molecule has 7 nitrogen and oxygen atoms in total. The molecule has 1 aliphatic heterocycles. The van der Waals surface area contributed by atoms with Gasteiger partial charge in [0.1, 0.15) is 5.82 Å². The van der Waals surface area contributed by atoms with Gasteiger partial charge < -0.3 is 14.9 Å². The molecule has 1 heterocycles. The number of carboxylic acids is 1. The highest BCUT2D eigenvalue weighted by molar-refractivity contribution is 6.07. The molecule has 0 unspecified atom stereocenters. The minimum absolute atomic E-state index is 0.0809. The van der Waals surface area contributed by atoms with Gasteiger partial charge in [-0.2, -0.15) is 0 Å². The molecule has 0 bridgehead atoms. The van der Waals surface area contributed by atoms with Crippen LogP contribution in [-0.2, 0) is 22.7 Å². The zero-order chi connectivity index (χ0) is 28.5. The fraction of sp³-hybridized carbons (Fsp3) is 0.344. The van der Waals surface area contributed by atoms with Gasteiger partial charge in [0.15, 0.2) is 0 Å². The molecule has 0 spiro atoms. The van der Waals surface area contributed by atoms with Crippen LogP contribution >= 0.6 is 0 Å². The van der Waals surface area contributed by atoms with E-state index in [1.165, 1.54) is 29.8 Å². The number of halogens is 1. The third kappa shape index (κ3) is 7.76. The number of nitrogens with zero attached hydrogens (tertiary/aromatic N) is 3. The minimum Gasteiger partial charge on any atom is -0.481 e. The summed E-state index contributed by atoms with van der Waals surface area (Å²) >= 11 is 0. The summed E-state index contributed by atoms with van der Waals surface area (Å²) < 4.78 is 13.6. The molecule has 3 aromatic carbocycles.